The first-order valence-corrected chi connectivity index (χ1v) is 9.50. The zero-order chi connectivity index (χ0) is 19.1. The Kier molecular flexibility index (Phi) is 6.69. The highest BCUT2D eigenvalue weighted by atomic mass is 16.5. The molecule has 0 amide bonds. The number of aromatic nitrogens is 1. The Labute approximate surface area is 160 Å². The van der Waals surface area contributed by atoms with Gasteiger partial charge in [-0.1, -0.05) is 56.3 Å². The molecule has 27 heavy (non-hydrogen) atoms. The number of aliphatic hydroxyl groups is 1. The third-order valence-electron chi connectivity index (χ3n) is 4.41. The molecule has 0 aliphatic rings. The molecule has 0 radical (unpaired) electrons. The van der Waals surface area contributed by atoms with Gasteiger partial charge in [0.25, 0.3) is 0 Å². The number of fused-ring (bicyclic) bond motifs is 1. The monoisotopic (exact) mass is 364 g/mol. The number of nitrogens with one attached hydrogen (secondary N) is 2. The van der Waals surface area contributed by atoms with Gasteiger partial charge in [-0.3, -0.25) is 0 Å². The molecule has 142 valence electrons. The molecular weight excluding hydrogens is 336 g/mol. The lowest BCUT2D eigenvalue weighted by atomic mass is 10.0. The predicted molar refractivity (Wildman–Crippen MR) is 112 cm³/mol. The maximum absolute atomic E-state index is 10.7. The van der Waals surface area contributed by atoms with Gasteiger partial charge in [0.15, 0.2) is 0 Å². The second-order valence-corrected chi connectivity index (χ2v) is 7.07. The lowest BCUT2D eigenvalue weighted by Crippen LogP contribution is -2.25. The Morgan fingerprint density at radius 3 is 2.81 bits per heavy atom. The molecule has 0 spiro atoms. The lowest BCUT2D eigenvalue weighted by molar-refractivity contribution is 0.219. The van der Waals surface area contributed by atoms with Crippen molar-refractivity contribution in [2.45, 2.75) is 20.0 Å². The van der Waals surface area contributed by atoms with Crippen LogP contribution in [-0.2, 0) is 0 Å². The van der Waals surface area contributed by atoms with Crippen molar-refractivity contribution in [2.24, 2.45) is 5.92 Å². The third-order valence-corrected chi connectivity index (χ3v) is 4.41. The van der Waals surface area contributed by atoms with Crippen LogP contribution in [0, 0.1) is 5.92 Å². The first-order chi connectivity index (χ1) is 13.1. The largest absolute Gasteiger partial charge is 0.492 e. The van der Waals surface area contributed by atoms with E-state index in [1.165, 1.54) is 0 Å². The number of aromatic amines is 1. The van der Waals surface area contributed by atoms with Crippen molar-refractivity contribution in [1.82, 2.24) is 10.3 Å². The molecule has 0 saturated heterocycles. The molecule has 0 aliphatic heterocycles. The average molecular weight is 364 g/mol. The summed E-state index contributed by atoms with van der Waals surface area (Å²) in [6, 6.07) is 15.8. The summed E-state index contributed by atoms with van der Waals surface area (Å²) in [6.07, 6.45) is 4.97. The summed E-state index contributed by atoms with van der Waals surface area (Å²) in [6.45, 7) is 6.69. The van der Waals surface area contributed by atoms with Gasteiger partial charge in [0.05, 0.1) is 0 Å². The highest BCUT2D eigenvalue weighted by Gasteiger charge is 2.10. The number of para-hydroxylation sites is 1. The van der Waals surface area contributed by atoms with Gasteiger partial charge in [0.1, 0.15) is 18.5 Å². The van der Waals surface area contributed by atoms with Crippen LogP contribution in [0.5, 0.6) is 5.75 Å². The fraction of sp³-hybridized carbons (Fsp3) is 0.304. The number of H-pyrrole nitrogens is 1. The first-order valence-electron chi connectivity index (χ1n) is 9.50. The number of ether oxygens (including phenoxy) is 1. The number of hydrogen-bond acceptors (Lipinski definition) is 3. The van der Waals surface area contributed by atoms with Crippen molar-refractivity contribution in [3.05, 3.63) is 71.9 Å². The standard InChI is InChI=1S/C23H28N2O2/c1-17(2)16-24-14-15-27-23-9-4-3-7-20(23)22(26)11-10-18-6-5-8-21-19(18)12-13-25-21/h3-13,17,22,24-26H,14-16H2,1-2H3. The van der Waals surface area contributed by atoms with E-state index < -0.39 is 6.10 Å². The Morgan fingerprint density at radius 1 is 1.11 bits per heavy atom. The molecule has 3 N–H and O–H groups in total. The minimum absolute atomic E-state index is 0.572. The molecule has 1 unspecified atom stereocenters. The van der Waals surface area contributed by atoms with Gasteiger partial charge in [-0.25, -0.2) is 0 Å². The minimum atomic E-state index is -0.723. The summed E-state index contributed by atoms with van der Waals surface area (Å²) in [4.78, 5) is 3.21. The average Bonchev–Trinajstić information content (AvgIpc) is 3.15. The van der Waals surface area contributed by atoms with Gasteiger partial charge < -0.3 is 20.1 Å². The molecule has 1 atom stereocenters. The highest BCUT2D eigenvalue weighted by molar-refractivity contribution is 5.88. The molecule has 1 heterocycles. The van der Waals surface area contributed by atoms with E-state index in [1.807, 2.05) is 60.8 Å². The van der Waals surface area contributed by atoms with Crippen LogP contribution in [0.1, 0.15) is 31.1 Å². The molecule has 3 rings (SSSR count). The van der Waals surface area contributed by atoms with Gasteiger partial charge in [-0.05, 0) is 36.2 Å². The van der Waals surface area contributed by atoms with E-state index in [2.05, 4.69) is 24.1 Å². The number of rotatable bonds is 9. The Bertz CT molecular complexity index is 883. The van der Waals surface area contributed by atoms with Gasteiger partial charge in [-0.2, -0.15) is 0 Å². The summed E-state index contributed by atoms with van der Waals surface area (Å²) >= 11 is 0. The van der Waals surface area contributed by atoms with E-state index in [-0.39, 0.29) is 0 Å². The fourth-order valence-electron chi connectivity index (χ4n) is 3.03. The summed E-state index contributed by atoms with van der Waals surface area (Å²) in [5.74, 6) is 1.34. The van der Waals surface area contributed by atoms with Crippen LogP contribution in [0.4, 0.5) is 0 Å². The van der Waals surface area contributed by atoms with Crippen molar-refractivity contribution >= 4 is 17.0 Å². The molecular formula is C23H28N2O2. The third kappa shape index (κ3) is 5.22. The molecule has 0 saturated carbocycles. The van der Waals surface area contributed by atoms with Crippen LogP contribution in [0.3, 0.4) is 0 Å². The molecule has 2 aromatic carbocycles. The molecule has 4 nitrogen and oxygen atoms in total. The fourth-order valence-corrected chi connectivity index (χ4v) is 3.03. The predicted octanol–water partition coefficient (Wildman–Crippen LogP) is 4.54. The molecule has 0 bridgehead atoms. The second kappa shape index (κ2) is 9.40. The summed E-state index contributed by atoms with van der Waals surface area (Å²) < 4.78 is 5.89. The van der Waals surface area contributed by atoms with Gasteiger partial charge in [0, 0.05) is 29.2 Å². The van der Waals surface area contributed by atoms with Crippen LogP contribution in [0.2, 0.25) is 0 Å². The molecule has 4 heteroatoms. The van der Waals surface area contributed by atoms with Crippen molar-refractivity contribution in [2.75, 3.05) is 19.7 Å². The van der Waals surface area contributed by atoms with Gasteiger partial charge in [0.2, 0.25) is 0 Å². The van der Waals surface area contributed by atoms with Crippen LogP contribution in [0.15, 0.2) is 60.8 Å². The lowest BCUT2D eigenvalue weighted by Gasteiger charge is -2.14. The Morgan fingerprint density at radius 2 is 1.96 bits per heavy atom. The van der Waals surface area contributed by atoms with Crippen LogP contribution < -0.4 is 10.1 Å². The zero-order valence-electron chi connectivity index (χ0n) is 16.0. The Hall–Kier alpha value is -2.56. The normalized spacial score (nSPS) is 12.9. The van der Waals surface area contributed by atoms with E-state index in [0.29, 0.717) is 12.5 Å². The van der Waals surface area contributed by atoms with Crippen LogP contribution >= 0.6 is 0 Å². The molecule has 0 fully saturated rings. The Balaban J connectivity index is 1.66. The highest BCUT2D eigenvalue weighted by Crippen LogP contribution is 2.27. The van der Waals surface area contributed by atoms with Gasteiger partial charge in [-0.15, -0.1) is 0 Å². The van der Waals surface area contributed by atoms with Crippen LogP contribution in [0.25, 0.3) is 17.0 Å². The van der Waals surface area contributed by atoms with E-state index >= 15 is 0 Å². The quantitative estimate of drug-likeness (QED) is 0.489. The summed E-state index contributed by atoms with van der Waals surface area (Å²) in [5, 5.41) is 15.2. The smallest absolute Gasteiger partial charge is 0.125 e. The maximum Gasteiger partial charge on any atom is 0.125 e. The summed E-state index contributed by atoms with van der Waals surface area (Å²) in [7, 11) is 0. The van der Waals surface area contributed by atoms with Crippen molar-refractivity contribution in [1.29, 1.82) is 0 Å². The topological polar surface area (TPSA) is 57.3 Å². The van der Waals surface area contributed by atoms with Crippen molar-refractivity contribution in [3.8, 4) is 5.75 Å². The molecule has 1 aromatic heterocycles. The first kappa shape index (κ1) is 19.2. The number of hydrogen-bond donors (Lipinski definition) is 3. The van der Waals surface area contributed by atoms with Gasteiger partial charge >= 0.3 is 0 Å². The number of benzene rings is 2. The van der Waals surface area contributed by atoms with Crippen molar-refractivity contribution in [3.63, 3.8) is 0 Å². The summed E-state index contributed by atoms with van der Waals surface area (Å²) in [5.41, 5.74) is 2.94. The van der Waals surface area contributed by atoms with E-state index in [4.69, 9.17) is 4.74 Å². The van der Waals surface area contributed by atoms with Crippen LogP contribution in [-0.4, -0.2) is 29.8 Å². The second-order valence-electron chi connectivity index (χ2n) is 7.07. The maximum atomic E-state index is 10.7. The van der Waals surface area contributed by atoms with Crippen molar-refractivity contribution < 1.29 is 9.84 Å². The molecule has 3 aromatic rings. The van der Waals surface area contributed by atoms with E-state index in [0.717, 1.165) is 40.9 Å². The molecule has 0 aliphatic carbocycles. The zero-order valence-corrected chi connectivity index (χ0v) is 16.0. The van der Waals surface area contributed by atoms with E-state index in [9.17, 15) is 5.11 Å². The minimum Gasteiger partial charge on any atom is -0.492 e. The van der Waals surface area contributed by atoms with E-state index in [1.54, 1.807) is 6.08 Å². The SMILES string of the molecule is CC(C)CNCCOc1ccccc1C(O)C=Cc1cccc2[nH]ccc12. The number of aliphatic hydroxyl groups excluding tert-OH is 1.